The standard InChI is InChI=1S/C16H21NO5/c1-9-8-10-6-4-5-7-17-11(10)13(22-16(17)19)15(21-3)14(20-2)12(9)18/h9-10H,4-8H2,1-3H3/b15-14-/t9-,10-/m1/s1. The highest BCUT2D eigenvalue weighted by Crippen LogP contribution is 2.40. The van der Waals surface area contributed by atoms with E-state index in [2.05, 4.69) is 0 Å². The summed E-state index contributed by atoms with van der Waals surface area (Å²) < 4.78 is 17.8. The van der Waals surface area contributed by atoms with E-state index >= 15 is 0 Å². The van der Waals surface area contributed by atoms with E-state index in [0.29, 0.717) is 18.7 Å². The van der Waals surface area contributed by atoms with Gasteiger partial charge in [0.1, 0.15) is 0 Å². The van der Waals surface area contributed by atoms with Gasteiger partial charge in [-0.2, -0.15) is 0 Å². The van der Waals surface area contributed by atoms with Crippen molar-refractivity contribution in [2.75, 3.05) is 14.2 Å². The molecule has 1 aromatic heterocycles. The van der Waals surface area contributed by atoms with Crippen LogP contribution in [0, 0.1) is 5.92 Å². The van der Waals surface area contributed by atoms with E-state index in [0.717, 1.165) is 25.0 Å². The molecule has 0 saturated carbocycles. The second-order valence-corrected chi connectivity index (χ2v) is 5.99. The van der Waals surface area contributed by atoms with Crippen molar-refractivity contribution in [3.05, 3.63) is 27.8 Å². The number of carbonyl (C=O) groups is 1. The number of rotatable bonds is 2. The Bertz CT molecular complexity index is 681. The molecule has 2 atom stereocenters. The smallest absolute Gasteiger partial charge is 0.419 e. The molecule has 0 amide bonds. The lowest BCUT2D eigenvalue weighted by Gasteiger charge is -2.24. The highest BCUT2D eigenvalue weighted by atomic mass is 16.5. The van der Waals surface area contributed by atoms with E-state index < -0.39 is 0 Å². The molecular weight excluding hydrogens is 286 g/mol. The molecule has 1 aliphatic carbocycles. The van der Waals surface area contributed by atoms with Crippen molar-refractivity contribution in [1.29, 1.82) is 0 Å². The quantitative estimate of drug-likeness (QED) is 0.838. The zero-order valence-corrected chi connectivity index (χ0v) is 13.2. The topological polar surface area (TPSA) is 70.7 Å². The Hall–Kier alpha value is -1.98. The fourth-order valence-electron chi connectivity index (χ4n) is 3.57. The lowest BCUT2D eigenvalue weighted by Crippen LogP contribution is -2.24. The van der Waals surface area contributed by atoms with Crippen LogP contribution >= 0.6 is 0 Å². The molecule has 2 aliphatic rings. The third-order valence-corrected chi connectivity index (χ3v) is 4.63. The number of carbonyl (C=O) groups excluding carboxylic acids is 1. The molecule has 0 unspecified atom stereocenters. The van der Waals surface area contributed by atoms with Gasteiger partial charge in [0.25, 0.3) is 0 Å². The van der Waals surface area contributed by atoms with Crippen LogP contribution in [0.2, 0.25) is 0 Å². The summed E-state index contributed by atoms with van der Waals surface area (Å²) in [6, 6.07) is 0. The Morgan fingerprint density at radius 1 is 1.14 bits per heavy atom. The summed E-state index contributed by atoms with van der Waals surface area (Å²) in [5.41, 5.74) is 0.855. The minimum Gasteiger partial charge on any atom is -0.490 e. The maximum absolute atomic E-state index is 12.6. The lowest BCUT2D eigenvalue weighted by atomic mass is 9.84. The van der Waals surface area contributed by atoms with Crippen molar-refractivity contribution in [2.45, 2.75) is 45.1 Å². The molecule has 1 aliphatic heterocycles. The summed E-state index contributed by atoms with van der Waals surface area (Å²) in [7, 11) is 2.90. The Morgan fingerprint density at radius 3 is 2.55 bits per heavy atom. The summed E-state index contributed by atoms with van der Waals surface area (Å²) in [6.45, 7) is 2.54. The molecular formula is C16H21NO5. The Labute approximate surface area is 128 Å². The second kappa shape index (κ2) is 5.66. The van der Waals surface area contributed by atoms with Gasteiger partial charge in [-0.05, 0) is 19.3 Å². The number of hydrogen-bond acceptors (Lipinski definition) is 5. The Morgan fingerprint density at radius 2 is 1.86 bits per heavy atom. The van der Waals surface area contributed by atoms with Crippen molar-refractivity contribution in [3.8, 4) is 0 Å². The zero-order valence-electron chi connectivity index (χ0n) is 13.2. The molecule has 0 aromatic carbocycles. The first kappa shape index (κ1) is 14.9. The van der Waals surface area contributed by atoms with Gasteiger partial charge in [0.15, 0.2) is 5.76 Å². The highest BCUT2D eigenvalue weighted by Gasteiger charge is 2.37. The fourth-order valence-corrected chi connectivity index (χ4v) is 3.57. The van der Waals surface area contributed by atoms with E-state index in [1.165, 1.54) is 14.2 Å². The van der Waals surface area contributed by atoms with Gasteiger partial charge in [-0.3, -0.25) is 9.36 Å². The van der Waals surface area contributed by atoms with E-state index in [1.54, 1.807) is 4.57 Å². The van der Waals surface area contributed by atoms with Crippen molar-refractivity contribution >= 4 is 11.5 Å². The summed E-state index contributed by atoms with van der Waals surface area (Å²) >= 11 is 0. The monoisotopic (exact) mass is 307 g/mol. The SMILES string of the molecule is CO/C1=C(\OC)c2oc(=O)n3c2[C@H](CCCC3)C[C@@H](C)C1=O. The number of Topliss-reactive ketones (excluding diaryl/α,β-unsaturated/α-hetero) is 1. The molecule has 0 fully saturated rings. The van der Waals surface area contributed by atoms with Gasteiger partial charge in [0, 0.05) is 18.4 Å². The van der Waals surface area contributed by atoms with Gasteiger partial charge in [-0.15, -0.1) is 0 Å². The van der Waals surface area contributed by atoms with E-state index in [1.807, 2.05) is 6.92 Å². The van der Waals surface area contributed by atoms with Crippen LogP contribution in [0.1, 0.15) is 50.0 Å². The normalized spacial score (nSPS) is 28.4. The molecule has 120 valence electrons. The lowest BCUT2D eigenvalue weighted by molar-refractivity contribution is -0.122. The van der Waals surface area contributed by atoms with Gasteiger partial charge in [-0.1, -0.05) is 13.3 Å². The van der Waals surface area contributed by atoms with Crippen LogP contribution in [-0.2, 0) is 20.8 Å². The van der Waals surface area contributed by atoms with Crippen LogP contribution in [0.5, 0.6) is 0 Å². The number of oxazole rings is 1. The molecule has 1 aromatic rings. The molecule has 2 heterocycles. The van der Waals surface area contributed by atoms with Gasteiger partial charge in [0.2, 0.25) is 17.3 Å². The number of nitrogens with zero attached hydrogens (tertiary/aromatic N) is 1. The maximum Gasteiger partial charge on any atom is 0.419 e. The van der Waals surface area contributed by atoms with Gasteiger partial charge in [-0.25, -0.2) is 4.79 Å². The number of aromatic nitrogens is 1. The van der Waals surface area contributed by atoms with Crippen LogP contribution in [0.3, 0.4) is 0 Å². The maximum atomic E-state index is 12.6. The van der Waals surface area contributed by atoms with E-state index in [-0.39, 0.29) is 34.9 Å². The molecule has 0 spiro atoms. The molecule has 0 radical (unpaired) electrons. The summed E-state index contributed by atoms with van der Waals surface area (Å²) in [5.74, 6) is 0.179. The molecule has 6 nitrogen and oxygen atoms in total. The minimum atomic E-state index is -0.385. The van der Waals surface area contributed by atoms with Crippen LogP contribution in [0.4, 0.5) is 0 Å². The number of allylic oxidation sites excluding steroid dienone is 1. The van der Waals surface area contributed by atoms with Crippen molar-refractivity contribution in [2.24, 2.45) is 5.92 Å². The van der Waals surface area contributed by atoms with Gasteiger partial charge < -0.3 is 13.9 Å². The summed E-state index contributed by atoms with van der Waals surface area (Å²) in [5, 5.41) is 0. The van der Waals surface area contributed by atoms with Crippen LogP contribution in [0.15, 0.2) is 15.0 Å². The summed E-state index contributed by atoms with van der Waals surface area (Å²) in [6.07, 6.45) is 3.61. The zero-order chi connectivity index (χ0) is 15.9. The van der Waals surface area contributed by atoms with Crippen molar-refractivity contribution in [1.82, 2.24) is 4.57 Å². The molecule has 0 bridgehead atoms. The van der Waals surface area contributed by atoms with E-state index in [9.17, 15) is 9.59 Å². The highest BCUT2D eigenvalue weighted by molar-refractivity contribution is 6.01. The Kier molecular flexibility index (Phi) is 3.85. The molecule has 22 heavy (non-hydrogen) atoms. The van der Waals surface area contributed by atoms with Gasteiger partial charge in [0.05, 0.1) is 19.9 Å². The predicted molar refractivity (Wildman–Crippen MR) is 79.3 cm³/mol. The first-order valence-corrected chi connectivity index (χ1v) is 7.68. The van der Waals surface area contributed by atoms with Crippen LogP contribution < -0.4 is 5.76 Å². The molecule has 0 saturated heterocycles. The molecule has 3 rings (SSSR count). The summed E-state index contributed by atoms with van der Waals surface area (Å²) in [4.78, 5) is 24.8. The van der Waals surface area contributed by atoms with Gasteiger partial charge >= 0.3 is 5.76 Å². The van der Waals surface area contributed by atoms with Crippen molar-refractivity contribution < 1.29 is 18.7 Å². The third-order valence-electron chi connectivity index (χ3n) is 4.63. The third kappa shape index (κ3) is 2.17. The number of hydrogen-bond donors (Lipinski definition) is 0. The predicted octanol–water partition coefficient (Wildman–Crippen LogP) is 2.28. The number of methoxy groups -OCH3 is 2. The van der Waals surface area contributed by atoms with E-state index in [4.69, 9.17) is 13.9 Å². The number of ketones is 1. The largest absolute Gasteiger partial charge is 0.490 e. The van der Waals surface area contributed by atoms with Crippen LogP contribution in [0.25, 0.3) is 5.76 Å². The average molecular weight is 307 g/mol. The first-order valence-electron chi connectivity index (χ1n) is 7.68. The minimum absolute atomic E-state index is 0.107. The van der Waals surface area contributed by atoms with Crippen LogP contribution in [-0.4, -0.2) is 24.6 Å². The molecule has 6 heteroatoms. The molecule has 0 N–H and O–H groups in total. The van der Waals surface area contributed by atoms with Crippen molar-refractivity contribution in [3.63, 3.8) is 0 Å². The number of ether oxygens (including phenoxy) is 2. The first-order chi connectivity index (χ1) is 10.6. The fraction of sp³-hybridized carbons (Fsp3) is 0.625. The average Bonchev–Trinajstić information content (AvgIpc) is 2.69. The second-order valence-electron chi connectivity index (χ2n) is 5.99. The Balaban J connectivity index is 2.31.